The Bertz CT molecular complexity index is 2480. The highest BCUT2D eigenvalue weighted by Crippen LogP contribution is 2.36. The van der Waals surface area contributed by atoms with Crippen LogP contribution in [0.3, 0.4) is 0 Å². The summed E-state index contributed by atoms with van der Waals surface area (Å²) in [6.45, 7) is 3.39. The second kappa shape index (κ2) is 19.8. The third-order valence-electron chi connectivity index (χ3n) is 13.6. The molecule has 4 fully saturated rings. The van der Waals surface area contributed by atoms with Crippen LogP contribution >= 0.6 is 0 Å². The number of rotatable bonds is 11. The van der Waals surface area contributed by atoms with E-state index in [1.54, 1.807) is 0 Å². The van der Waals surface area contributed by atoms with E-state index in [9.17, 15) is 19.2 Å². The maximum atomic E-state index is 14.1. The van der Waals surface area contributed by atoms with Crippen LogP contribution in [0.5, 0.6) is 0 Å². The first kappa shape index (κ1) is 43.9. The Morgan fingerprint density at radius 2 is 1.14 bits per heavy atom. The van der Waals surface area contributed by atoms with E-state index < -0.39 is 24.3 Å². The largest absolute Gasteiger partial charge is 0.453 e. The van der Waals surface area contributed by atoms with Gasteiger partial charge in [-0.15, -0.1) is 0 Å². The highest BCUT2D eigenvalue weighted by atomic mass is 16.5. The molecule has 342 valence electrons. The molecule has 4 aliphatic heterocycles. The number of piperidine rings is 1. The number of carbonyl (C=O) groups excluding carboxylic acids is 4. The van der Waals surface area contributed by atoms with Crippen molar-refractivity contribution in [3.63, 3.8) is 0 Å². The standard InChI is InChI=1S/C48H57N9O8/c1-62-47(60)54-41(31-16-22-64-23-17-31)45(58)56-20-4-3-6-39(56)43-49-27-37(52-43)30-10-8-29(9-11-30)35-14-12-33-26-34(13-15-36(33)51-35)38-28-50-44(53-38)40-7-5-21-57(40)46(59)42(55-48(61)63-2)32-18-24-65-25-19-32/h8-15,26-28,31-32,39-42H,3-7,16-25H2,1-2H3,(H,49,52)(H,50,53)(H,54,60)(H,55,61)/t39-,40-,41-,42-/m0/s1. The van der Waals surface area contributed by atoms with Crippen LogP contribution in [0.15, 0.2) is 67.0 Å². The minimum atomic E-state index is -0.695. The van der Waals surface area contributed by atoms with Gasteiger partial charge in [-0.2, -0.15) is 0 Å². The van der Waals surface area contributed by atoms with E-state index >= 15 is 0 Å². The van der Waals surface area contributed by atoms with Gasteiger partial charge < -0.3 is 49.3 Å². The molecule has 0 saturated carbocycles. The molecule has 65 heavy (non-hydrogen) atoms. The van der Waals surface area contributed by atoms with Crippen molar-refractivity contribution >= 4 is 34.9 Å². The number of imidazole rings is 2. The van der Waals surface area contributed by atoms with Gasteiger partial charge in [0.1, 0.15) is 23.7 Å². The van der Waals surface area contributed by atoms with Crippen LogP contribution in [0, 0.1) is 11.8 Å². The molecular formula is C48H57N9O8. The number of hydrogen-bond acceptors (Lipinski definition) is 11. The first-order valence-corrected chi connectivity index (χ1v) is 22.8. The topological polar surface area (TPSA) is 206 Å². The molecule has 0 bridgehead atoms. The lowest BCUT2D eigenvalue weighted by atomic mass is 9.89. The van der Waals surface area contributed by atoms with Gasteiger partial charge in [0, 0.05) is 56.0 Å². The van der Waals surface area contributed by atoms with E-state index in [4.69, 9.17) is 33.9 Å². The number of hydrogen-bond donors (Lipinski definition) is 4. The molecule has 17 nitrogen and oxygen atoms in total. The second-order valence-corrected chi connectivity index (χ2v) is 17.4. The Hall–Kier alpha value is -6.33. The number of carbonyl (C=O) groups is 4. The minimum absolute atomic E-state index is 0.0353. The summed E-state index contributed by atoms with van der Waals surface area (Å²) in [6.07, 6.45) is 9.37. The van der Waals surface area contributed by atoms with Crippen molar-refractivity contribution in [2.24, 2.45) is 11.8 Å². The predicted octanol–water partition coefficient (Wildman–Crippen LogP) is 6.70. The van der Waals surface area contributed by atoms with Gasteiger partial charge in [0.15, 0.2) is 0 Å². The number of nitrogens with one attached hydrogen (secondary N) is 4. The van der Waals surface area contributed by atoms with Gasteiger partial charge >= 0.3 is 12.2 Å². The van der Waals surface area contributed by atoms with Crippen molar-refractivity contribution in [2.45, 2.75) is 82.0 Å². The number of likely N-dealkylation sites (tertiary alicyclic amines) is 2. The van der Waals surface area contributed by atoms with Gasteiger partial charge in [-0.05, 0) is 93.4 Å². The van der Waals surface area contributed by atoms with E-state index in [1.165, 1.54) is 14.2 Å². The molecule has 5 aromatic rings. The number of aromatic nitrogens is 5. The zero-order valence-electron chi connectivity index (χ0n) is 36.9. The summed E-state index contributed by atoms with van der Waals surface area (Å²) in [5, 5.41) is 6.62. The molecule has 9 rings (SSSR count). The fourth-order valence-corrected chi connectivity index (χ4v) is 9.96. The number of methoxy groups -OCH3 is 2. The van der Waals surface area contributed by atoms with Crippen molar-refractivity contribution < 1.29 is 38.1 Å². The number of pyridine rings is 1. The summed E-state index contributed by atoms with van der Waals surface area (Å²) < 4.78 is 20.9. The van der Waals surface area contributed by atoms with Crippen LogP contribution in [0.1, 0.15) is 81.5 Å². The fraction of sp³-hybridized carbons (Fsp3) is 0.479. The van der Waals surface area contributed by atoms with E-state index in [1.807, 2.05) is 64.7 Å². The summed E-state index contributed by atoms with van der Waals surface area (Å²) in [6, 6.07) is 16.5. The molecule has 2 aromatic carbocycles. The van der Waals surface area contributed by atoms with E-state index in [0.29, 0.717) is 71.0 Å². The molecule has 4 atom stereocenters. The van der Waals surface area contributed by atoms with Crippen molar-refractivity contribution in [3.8, 4) is 33.8 Å². The monoisotopic (exact) mass is 887 g/mol. The molecule has 4 amide bonds. The van der Waals surface area contributed by atoms with Crippen molar-refractivity contribution in [3.05, 3.63) is 78.6 Å². The van der Waals surface area contributed by atoms with Gasteiger partial charge in [-0.1, -0.05) is 36.4 Å². The maximum Gasteiger partial charge on any atom is 0.407 e. The lowest BCUT2D eigenvalue weighted by Crippen LogP contribution is -2.55. The number of alkyl carbamates (subject to hydrolysis) is 2. The van der Waals surface area contributed by atoms with Crippen molar-refractivity contribution in [2.75, 3.05) is 53.7 Å². The van der Waals surface area contributed by atoms with Crippen LogP contribution in [0.2, 0.25) is 0 Å². The van der Waals surface area contributed by atoms with E-state index in [0.717, 1.165) is 82.6 Å². The number of aromatic amines is 2. The molecule has 0 unspecified atom stereocenters. The normalized spacial score (nSPS) is 20.6. The Morgan fingerprint density at radius 3 is 1.71 bits per heavy atom. The number of amides is 4. The fourth-order valence-electron chi connectivity index (χ4n) is 9.96. The molecule has 7 heterocycles. The molecule has 3 aromatic heterocycles. The summed E-state index contributed by atoms with van der Waals surface area (Å²) in [5.74, 6) is 1.13. The second-order valence-electron chi connectivity index (χ2n) is 17.4. The molecular weight excluding hydrogens is 831 g/mol. The zero-order chi connectivity index (χ0) is 44.9. The average Bonchev–Trinajstić information content (AvgIpc) is 4.17. The Labute approximate surface area is 377 Å². The molecule has 4 N–H and O–H groups in total. The van der Waals surface area contributed by atoms with Gasteiger partial charge in [0.25, 0.3) is 0 Å². The molecule has 0 radical (unpaired) electrons. The first-order valence-electron chi connectivity index (χ1n) is 22.8. The molecule has 4 saturated heterocycles. The quantitative estimate of drug-likeness (QED) is 0.110. The molecule has 0 aliphatic carbocycles. The van der Waals surface area contributed by atoms with Crippen LogP contribution in [-0.2, 0) is 28.5 Å². The third-order valence-corrected chi connectivity index (χ3v) is 13.6. The summed E-state index contributed by atoms with van der Waals surface area (Å²) >= 11 is 0. The Kier molecular flexibility index (Phi) is 13.4. The maximum absolute atomic E-state index is 14.1. The van der Waals surface area contributed by atoms with E-state index in [-0.39, 0.29) is 35.7 Å². The minimum Gasteiger partial charge on any atom is -0.453 e. The van der Waals surface area contributed by atoms with Crippen LogP contribution in [-0.4, -0.2) is 125 Å². The lowest BCUT2D eigenvalue weighted by molar-refractivity contribution is -0.140. The lowest BCUT2D eigenvalue weighted by Gasteiger charge is -2.39. The highest BCUT2D eigenvalue weighted by molar-refractivity contribution is 5.88. The van der Waals surface area contributed by atoms with E-state index in [2.05, 4.69) is 32.7 Å². The van der Waals surface area contributed by atoms with Crippen molar-refractivity contribution in [1.82, 2.24) is 45.4 Å². The van der Waals surface area contributed by atoms with Gasteiger partial charge in [-0.3, -0.25) is 9.59 Å². The average molecular weight is 888 g/mol. The van der Waals surface area contributed by atoms with Gasteiger partial charge in [0.2, 0.25) is 11.8 Å². The summed E-state index contributed by atoms with van der Waals surface area (Å²) in [5.41, 5.74) is 6.26. The molecule has 0 spiro atoms. The number of H-pyrrole nitrogens is 2. The summed E-state index contributed by atoms with van der Waals surface area (Å²) in [7, 11) is 2.62. The third kappa shape index (κ3) is 9.57. The molecule has 17 heteroatoms. The van der Waals surface area contributed by atoms with Gasteiger partial charge in [0.05, 0.1) is 61.3 Å². The smallest absolute Gasteiger partial charge is 0.407 e. The highest BCUT2D eigenvalue weighted by Gasteiger charge is 2.41. The molecule has 4 aliphatic rings. The number of ether oxygens (including phenoxy) is 4. The predicted molar refractivity (Wildman–Crippen MR) is 240 cm³/mol. The van der Waals surface area contributed by atoms with Crippen molar-refractivity contribution in [1.29, 1.82) is 0 Å². The van der Waals surface area contributed by atoms with Crippen LogP contribution < -0.4 is 10.6 Å². The Morgan fingerprint density at radius 1 is 0.631 bits per heavy atom. The number of benzene rings is 2. The first-order chi connectivity index (χ1) is 31.8. The SMILES string of the molecule is COC(=O)N[C@H](C(=O)N1CCCC[C@H]1c1ncc(-c2ccc(-c3ccc4cc(-c5cnc([C@@H]6CCCN6C(=O)[C@@H](NC(=O)OC)C6CCOCC6)[nH]5)ccc4n3)cc2)[nH]1)C1CCOCC1. The van der Waals surface area contributed by atoms with Crippen LogP contribution in [0.4, 0.5) is 9.59 Å². The zero-order valence-corrected chi connectivity index (χ0v) is 36.9. The Balaban J connectivity index is 0.868. The number of fused-ring (bicyclic) bond motifs is 1. The van der Waals surface area contributed by atoms with Gasteiger partial charge in [-0.25, -0.2) is 24.5 Å². The summed E-state index contributed by atoms with van der Waals surface area (Å²) in [4.78, 5) is 78.1. The number of nitrogens with zero attached hydrogens (tertiary/aromatic N) is 5. The van der Waals surface area contributed by atoms with Crippen LogP contribution in [0.25, 0.3) is 44.7 Å².